The van der Waals surface area contributed by atoms with Gasteiger partial charge in [0.15, 0.2) is 0 Å². The Labute approximate surface area is 128 Å². The number of benzene rings is 1. The van der Waals surface area contributed by atoms with Crippen LogP contribution in [0.4, 0.5) is 5.69 Å². The van der Waals surface area contributed by atoms with E-state index in [4.69, 9.17) is 4.74 Å². The minimum atomic E-state index is -0.0587. The molecule has 2 aromatic rings. The Morgan fingerprint density at radius 3 is 2.67 bits per heavy atom. The summed E-state index contributed by atoms with van der Waals surface area (Å²) >= 11 is 1.47. The second-order valence-corrected chi connectivity index (χ2v) is 5.73. The van der Waals surface area contributed by atoms with Crippen LogP contribution in [-0.2, 0) is 4.79 Å². The van der Waals surface area contributed by atoms with Crippen LogP contribution in [0.5, 0.6) is 5.75 Å². The predicted molar refractivity (Wildman–Crippen MR) is 85.8 cm³/mol. The first-order valence-corrected chi connectivity index (χ1v) is 7.72. The molecule has 21 heavy (non-hydrogen) atoms. The average Bonchev–Trinajstić information content (AvgIpc) is 2.48. The Hall–Kier alpha value is -2.01. The highest BCUT2D eigenvalue weighted by atomic mass is 32.2. The van der Waals surface area contributed by atoms with Gasteiger partial charge in [-0.3, -0.25) is 9.78 Å². The molecule has 1 aromatic heterocycles. The van der Waals surface area contributed by atoms with E-state index >= 15 is 0 Å². The number of anilines is 1. The van der Waals surface area contributed by atoms with Gasteiger partial charge in [-0.25, -0.2) is 0 Å². The minimum absolute atomic E-state index is 0.0587. The molecule has 0 unspecified atom stereocenters. The summed E-state index contributed by atoms with van der Waals surface area (Å²) in [6.07, 6.45) is 3.49. The number of para-hydroxylation sites is 2. The summed E-state index contributed by atoms with van der Waals surface area (Å²) in [7, 11) is 0. The van der Waals surface area contributed by atoms with Gasteiger partial charge in [-0.05, 0) is 38.1 Å². The van der Waals surface area contributed by atoms with Crippen LogP contribution in [0.2, 0.25) is 0 Å². The van der Waals surface area contributed by atoms with E-state index in [1.165, 1.54) is 11.8 Å². The van der Waals surface area contributed by atoms with Crippen LogP contribution in [0, 0.1) is 0 Å². The minimum Gasteiger partial charge on any atom is -0.489 e. The summed E-state index contributed by atoms with van der Waals surface area (Å²) in [5.74, 6) is 0.978. The van der Waals surface area contributed by atoms with Gasteiger partial charge < -0.3 is 10.1 Å². The van der Waals surface area contributed by atoms with E-state index in [1.54, 1.807) is 12.4 Å². The van der Waals surface area contributed by atoms with Gasteiger partial charge in [-0.15, -0.1) is 11.8 Å². The molecule has 5 heteroatoms. The van der Waals surface area contributed by atoms with Crippen molar-refractivity contribution in [2.24, 2.45) is 0 Å². The summed E-state index contributed by atoms with van der Waals surface area (Å²) in [6, 6.07) is 11.2. The number of carbonyl (C=O) groups is 1. The molecule has 2 rings (SSSR count). The zero-order valence-corrected chi connectivity index (χ0v) is 12.9. The van der Waals surface area contributed by atoms with Gasteiger partial charge >= 0.3 is 0 Å². The Kier molecular flexibility index (Phi) is 5.63. The first-order chi connectivity index (χ1) is 10.1. The third-order valence-electron chi connectivity index (χ3n) is 2.54. The number of ether oxygens (including phenoxy) is 1. The number of carbonyl (C=O) groups excluding carboxylic acids is 1. The molecule has 0 radical (unpaired) electrons. The number of rotatable bonds is 6. The first-order valence-electron chi connectivity index (χ1n) is 6.73. The molecule has 0 atom stereocenters. The number of hydrogen-bond donors (Lipinski definition) is 1. The van der Waals surface area contributed by atoms with Crippen molar-refractivity contribution in [3.05, 3.63) is 48.8 Å². The smallest absolute Gasteiger partial charge is 0.234 e. The number of nitrogens with zero attached hydrogens (tertiary/aromatic N) is 1. The summed E-state index contributed by atoms with van der Waals surface area (Å²) in [6.45, 7) is 3.91. The molecule has 0 saturated carbocycles. The van der Waals surface area contributed by atoms with E-state index in [9.17, 15) is 4.79 Å². The number of aromatic nitrogens is 1. The summed E-state index contributed by atoms with van der Waals surface area (Å²) in [5.41, 5.74) is 0.700. The highest BCUT2D eigenvalue weighted by molar-refractivity contribution is 8.00. The molecule has 0 aliphatic rings. The van der Waals surface area contributed by atoms with Crippen LogP contribution in [0.3, 0.4) is 0 Å². The Morgan fingerprint density at radius 1 is 1.24 bits per heavy atom. The zero-order chi connectivity index (χ0) is 15.1. The Balaban J connectivity index is 1.93. The van der Waals surface area contributed by atoms with Crippen molar-refractivity contribution in [1.82, 2.24) is 4.98 Å². The topological polar surface area (TPSA) is 51.2 Å². The van der Waals surface area contributed by atoms with E-state index in [0.717, 1.165) is 4.90 Å². The van der Waals surface area contributed by atoms with Crippen molar-refractivity contribution < 1.29 is 9.53 Å². The molecule has 0 fully saturated rings. The molecule has 1 heterocycles. The number of nitrogens with one attached hydrogen (secondary N) is 1. The van der Waals surface area contributed by atoms with E-state index in [2.05, 4.69) is 10.3 Å². The van der Waals surface area contributed by atoms with E-state index in [-0.39, 0.29) is 12.0 Å². The number of thioether (sulfide) groups is 1. The molecule has 0 spiro atoms. The lowest BCUT2D eigenvalue weighted by Gasteiger charge is -2.14. The number of hydrogen-bond acceptors (Lipinski definition) is 4. The van der Waals surface area contributed by atoms with E-state index in [1.807, 2.05) is 50.2 Å². The van der Waals surface area contributed by atoms with Crippen molar-refractivity contribution in [1.29, 1.82) is 0 Å². The number of amides is 1. The van der Waals surface area contributed by atoms with Crippen molar-refractivity contribution in [2.75, 3.05) is 11.1 Å². The molecular weight excluding hydrogens is 284 g/mol. The van der Waals surface area contributed by atoms with Gasteiger partial charge in [-0.1, -0.05) is 12.1 Å². The summed E-state index contributed by atoms with van der Waals surface area (Å²) in [4.78, 5) is 17.0. The molecule has 0 saturated heterocycles. The highest BCUT2D eigenvalue weighted by Gasteiger charge is 2.09. The first kappa shape index (κ1) is 15.4. The molecular formula is C16H18N2O2S. The van der Waals surface area contributed by atoms with Crippen molar-refractivity contribution in [3.63, 3.8) is 0 Å². The maximum atomic E-state index is 12.0. The molecule has 0 aliphatic carbocycles. The molecule has 0 bridgehead atoms. The molecule has 110 valence electrons. The average molecular weight is 302 g/mol. The maximum absolute atomic E-state index is 12.0. The Bertz CT molecular complexity index is 588. The summed E-state index contributed by atoms with van der Waals surface area (Å²) < 4.78 is 5.68. The molecule has 1 N–H and O–H groups in total. The van der Waals surface area contributed by atoms with Crippen molar-refractivity contribution in [3.8, 4) is 5.75 Å². The fourth-order valence-electron chi connectivity index (χ4n) is 1.70. The zero-order valence-electron chi connectivity index (χ0n) is 12.1. The highest BCUT2D eigenvalue weighted by Crippen LogP contribution is 2.25. The fourth-order valence-corrected chi connectivity index (χ4v) is 2.38. The lowest BCUT2D eigenvalue weighted by atomic mass is 10.3. The van der Waals surface area contributed by atoms with Crippen molar-refractivity contribution in [2.45, 2.75) is 24.8 Å². The van der Waals surface area contributed by atoms with Gasteiger partial charge in [0.25, 0.3) is 0 Å². The van der Waals surface area contributed by atoms with Crippen molar-refractivity contribution >= 4 is 23.4 Å². The lowest BCUT2D eigenvalue weighted by molar-refractivity contribution is -0.113. The maximum Gasteiger partial charge on any atom is 0.234 e. The quantitative estimate of drug-likeness (QED) is 0.828. The van der Waals surface area contributed by atoms with Gasteiger partial charge in [0.05, 0.1) is 17.5 Å². The summed E-state index contributed by atoms with van der Waals surface area (Å²) in [5, 5.41) is 2.89. The van der Waals surface area contributed by atoms with Gasteiger partial charge in [0.2, 0.25) is 5.91 Å². The van der Waals surface area contributed by atoms with E-state index in [0.29, 0.717) is 17.2 Å². The molecule has 1 amide bonds. The molecule has 4 nitrogen and oxygen atoms in total. The van der Waals surface area contributed by atoms with Crippen LogP contribution in [0.25, 0.3) is 0 Å². The third kappa shape index (κ3) is 5.11. The van der Waals surface area contributed by atoms with E-state index < -0.39 is 0 Å². The van der Waals surface area contributed by atoms with Gasteiger partial charge in [0, 0.05) is 17.3 Å². The second-order valence-electron chi connectivity index (χ2n) is 4.68. The normalized spacial score (nSPS) is 10.4. The van der Waals surface area contributed by atoms with Crippen LogP contribution >= 0.6 is 11.8 Å². The second kappa shape index (κ2) is 7.69. The van der Waals surface area contributed by atoms with Crippen LogP contribution in [-0.4, -0.2) is 22.7 Å². The predicted octanol–water partition coefficient (Wildman–Crippen LogP) is 3.60. The fraction of sp³-hybridized carbons (Fsp3) is 0.250. The number of pyridine rings is 1. The lowest BCUT2D eigenvalue weighted by Crippen LogP contribution is -2.16. The largest absolute Gasteiger partial charge is 0.489 e. The molecule has 0 aliphatic heterocycles. The van der Waals surface area contributed by atoms with Crippen LogP contribution < -0.4 is 10.1 Å². The molecule has 1 aromatic carbocycles. The van der Waals surface area contributed by atoms with Crippen LogP contribution in [0.15, 0.2) is 53.7 Å². The standard InChI is InChI=1S/C16H18N2O2S/c1-12(2)20-15-6-4-3-5-14(15)18-16(19)11-21-13-7-9-17-10-8-13/h3-10,12H,11H2,1-2H3,(H,18,19). The van der Waals surface area contributed by atoms with Gasteiger partial charge in [-0.2, -0.15) is 0 Å². The van der Waals surface area contributed by atoms with Crippen LogP contribution in [0.1, 0.15) is 13.8 Å². The SMILES string of the molecule is CC(C)Oc1ccccc1NC(=O)CSc1ccncc1. The monoisotopic (exact) mass is 302 g/mol. The Morgan fingerprint density at radius 2 is 1.95 bits per heavy atom. The third-order valence-corrected chi connectivity index (χ3v) is 3.56. The van der Waals surface area contributed by atoms with Gasteiger partial charge in [0.1, 0.15) is 5.75 Å².